The molecule has 3 rings (SSSR count). The number of rotatable bonds is 9. The molecule has 2 amide bonds. The molecule has 10 heteroatoms. The number of aliphatic hydroxyl groups is 1. The van der Waals surface area contributed by atoms with Crippen LogP contribution in [0.15, 0.2) is 35.4 Å². The lowest BCUT2D eigenvalue weighted by Gasteiger charge is -2.35. The number of hydrogen-bond donors (Lipinski definition) is 3. The fourth-order valence-electron chi connectivity index (χ4n) is 4.16. The molecule has 2 heterocycles. The highest BCUT2D eigenvalue weighted by molar-refractivity contribution is 8.00. The Morgan fingerprint density at radius 1 is 1.36 bits per heavy atom. The minimum atomic E-state index is -0.739. The fraction of sp³-hybridized carbons (Fsp3) is 0.423. The minimum absolute atomic E-state index is 0.0330. The van der Waals surface area contributed by atoms with Crippen LogP contribution in [0.2, 0.25) is 0 Å². The van der Waals surface area contributed by atoms with E-state index in [1.54, 1.807) is 19.1 Å². The highest BCUT2D eigenvalue weighted by atomic mass is 32.2. The number of benzene rings is 1. The molecule has 0 bridgehead atoms. The van der Waals surface area contributed by atoms with Crippen LogP contribution in [0.1, 0.15) is 48.6 Å². The Morgan fingerprint density at radius 2 is 2.03 bits per heavy atom. The van der Waals surface area contributed by atoms with Gasteiger partial charge in [0.25, 0.3) is 0 Å². The lowest BCUT2D eigenvalue weighted by molar-refractivity contribution is -0.126. The Bertz CT molecular complexity index is 1180. The Kier molecular flexibility index (Phi) is 9.29. The van der Waals surface area contributed by atoms with Crippen LogP contribution >= 0.6 is 11.8 Å². The number of pyridine rings is 1. The molecule has 0 aliphatic carbocycles. The first-order valence-electron chi connectivity index (χ1n) is 11.9. The molecule has 1 unspecified atom stereocenters. The fourth-order valence-corrected chi connectivity index (χ4v) is 5.22. The molecule has 0 saturated carbocycles. The molecule has 188 valence electrons. The Hall–Kier alpha value is -3.60. The monoisotopic (exact) mass is 506 g/mol. The first-order valence-corrected chi connectivity index (χ1v) is 12.7. The zero-order valence-electron chi connectivity index (χ0n) is 20.4. The van der Waals surface area contributed by atoms with Crippen molar-refractivity contribution in [2.75, 3.05) is 24.6 Å². The van der Waals surface area contributed by atoms with E-state index < -0.39 is 17.1 Å². The summed E-state index contributed by atoms with van der Waals surface area (Å²) >= 11 is 1.12. The minimum Gasteiger partial charge on any atom is -0.396 e. The van der Waals surface area contributed by atoms with Gasteiger partial charge in [-0.25, -0.2) is 9.83 Å². The van der Waals surface area contributed by atoms with E-state index in [-0.39, 0.29) is 18.6 Å². The van der Waals surface area contributed by atoms with E-state index in [4.69, 9.17) is 17.3 Å². The number of piperidine rings is 1. The van der Waals surface area contributed by atoms with Crippen molar-refractivity contribution < 1.29 is 14.7 Å². The molecule has 1 saturated heterocycles. The third kappa shape index (κ3) is 5.96. The summed E-state index contributed by atoms with van der Waals surface area (Å²) in [5.41, 5.74) is 7.66. The van der Waals surface area contributed by atoms with Gasteiger partial charge in [0.15, 0.2) is 0 Å². The van der Waals surface area contributed by atoms with Gasteiger partial charge in [0.2, 0.25) is 17.5 Å². The van der Waals surface area contributed by atoms with E-state index in [0.717, 1.165) is 11.8 Å². The van der Waals surface area contributed by atoms with Gasteiger partial charge in [-0.3, -0.25) is 9.59 Å². The van der Waals surface area contributed by atoms with Crippen LogP contribution in [0.5, 0.6) is 0 Å². The van der Waals surface area contributed by atoms with E-state index in [2.05, 4.69) is 16.2 Å². The van der Waals surface area contributed by atoms with Gasteiger partial charge in [0, 0.05) is 19.1 Å². The smallest absolute Gasteiger partial charge is 0.235 e. The van der Waals surface area contributed by atoms with Gasteiger partial charge in [-0.1, -0.05) is 55.9 Å². The van der Waals surface area contributed by atoms with Crippen molar-refractivity contribution in [3.05, 3.63) is 58.4 Å². The van der Waals surface area contributed by atoms with Gasteiger partial charge in [-0.2, -0.15) is 5.26 Å². The summed E-state index contributed by atoms with van der Waals surface area (Å²) in [6.45, 7) is 12.3. The Labute approximate surface area is 215 Å². The molecule has 2 atom stereocenters. The van der Waals surface area contributed by atoms with Gasteiger partial charge in [-0.05, 0) is 30.4 Å². The number of aromatic nitrogens is 1. The summed E-state index contributed by atoms with van der Waals surface area (Å²) in [5, 5.41) is 21.8. The molecule has 1 aliphatic heterocycles. The lowest BCUT2D eigenvalue weighted by Crippen LogP contribution is -2.46. The summed E-state index contributed by atoms with van der Waals surface area (Å²) in [4.78, 5) is 35.0. The van der Waals surface area contributed by atoms with Gasteiger partial charge in [-0.15, -0.1) is 0 Å². The molecular weight excluding hydrogens is 476 g/mol. The van der Waals surface area contributed by atoms with Crippen molar-refractivity contribution in [1.29, 1.82) is 5.26 Å². The number of primary amides is 1. The first kappa shape index (κ1) is 27.0. The average Bonchev–Trinajstić information content (AvgIpc) is 2.90. The maximum absolute atomic E-state index is 12.3. The second-order valence-corrected chi connectivity index (χ2v) is 9.78. The average molecular weight is 507 g/mol. The van der Waals surface area contributed by atoms with Crippen molar-refractivity contribution in [2.24, 2.45) is 11.7 Å². The van der Waals surface area contributed by atoms with E-state index >= 15 is 0 Å². The number of nitrogens with two attached hydrogens (primary N) is 1. The van der Waals surface area contributed by atoms with Crippen molar-refractivity contribution >= 4 is 35.1 Å². The third-order valence-electron chi connectivity index (χ3n) is 6.25. The number of hydrogen-bond acceptors (Lipinski definition) is 7. The van der Waals surface area contributed by atoms with Crippen LogP contribution in [-0.2, 0) is 16.0 Å². The largest absolute Gasteiger partial charge is 0.396 e. The van der Waals surface area contributed by atoms with Crippen molar-refractivity contribution in [1.82, 2.24) is 10.3 Å². The molecule has 36 heavy (non-hydrogen) atoms. The number of nitriles is 1. The van der Waals surface area contributed by atoms with E-state index in [1.165, 1.54) is 0 Å². The molecule has 1 aliphatic rings. The van der Waals surface area contributed by atoms with E-state index in [1.807, 2.05) is 30.0 Å². The SMILES string of the molecule is [C-]#[N+]c1c(N2CCC(NC(=O)[C@@H](C)CO)CC2)nc(SC(C(N)=O)c2ccccc2)c(C#N)c1CC. The lowest BCUT2D eigenvalue weighted by atomic mass is 10.0. The van der Waals surface area contributed by atoms with Gasteiger partial charge in [0.1, 0.15) is 22.2 Å². The standard InChI is InChI=1S/C26H30N6O3S/c1-4-19-20(14-27)26(36-22(23(28)34)17-8-6-5-7-9-17)31-24(21(19)29-3)32-12-10-18(11-13-32)30-25(35)16(2)15-33/h5-9,16,18,22,33H,4,10-13,15H2,1-2H3,(H2,28,34)(H,30,35)/t16-,22?/m0/s1. The van der Waals surface area contributed by atoms with Gasteiger partial charge in [0.05, 0.1) is 24.7 Å². The quantitative estimate of drug-likeness (QED) is 0.351. The molecule has 1 aromatic heterocycles. The molecular formula is C26H30N6O3S. The number of aliphatic hydroxyl groups excluding tert-OH is 1. The predicted octanol–water partition coefficient (Wildman–Crippen LogP) is 3.10. The highest BCUT2D eigenvalue weighted by Gasteiger charge is 2.29. The second kappa shape index (κ2) is 12.4. The van der Waals surface area contributed by atoms with Crippen molar-refractivity contribution in [2.45, 2.75) is 49.4 Å². The van der Waals surface area contributed by atoms with E-state index in [9.17, 15) is 20.0 Å². The molecule has 0 radical (unpaired) electrons. The van der Waals surface area contributed by atoms with Crippen LogP contribution in [0.25, 0.3) is 4.85 Å². The number of amides is 2. The van der Waals surface area contributed by atoms with Crippen LogP contribution in [-0.4, -0.2) is 47.6 Å². The number of nitrogens with zero attached hydrogens (tertiary/aromatic N) is 4. The topological polar surface area (TPSA) is 137 Å². The first-order chi connectivity index (χ1) is 17.3. The highest BCUT2D eigenvalue weighted by Crippen LogP contribution is 2.43. The van der Waals surface area contributed by atoms with Crippen molar-refractivity contribution in [3.63, 3.8) is 0 Å². The van der Waals surface area contributed by atoms with Crippen LogP contribution in [0.3, 0.4) is 0 Å². The van der Waals surface area contributed by atoms with Crippen LogP contribution in [0.4, 0.5) is 11.5 Å². The number of nitrogens with one attached hydrogen (secondary N) is 1. The maximum atomic E-state index is 12.3. The molecule has 1 fully saturated rings. The number of carbonyl (C=O) groups is 2. The summed E-state index contributed by atoms with van der Waals surface area (Å²) in [6.07, 6.45) is 1.77. The summed E-state index contributed by atoms with van der Waals surface area (Å²) in [6, 6.07) is 11.3. The Morgan fingerprint density at radius 3 is 2.56 bits per heavy atom. The molecule has 9 nitrogen and oxygen atoms in total. The summed E-state index contributed by atoms with van der Waals surface area (Å²) in [5.74, 6) is -0.710. The molecule has 0 spiro atoms. The van der Waals surface area contributed by atoms with Crippen LogP contribution in [0, 0.1) is 23.8 Å². The van der Waals surface area contributed by atoms with Gasteiger partial charge < -0.3 is 21.1 Å². The molecule has 4 N–H and O–H groups in total. The van der Waals surface area contributed by atoms with Crippen LogP contribution < -0.4 is 16.0 Å². The normalized spacial score (nSPS) is 15.4. The number of anilines is 1. The Balaban J connectivity index is 1.94. The second-order valence-electron chi connectivity index (χ2n) is 8.68. The third-order valence-corrected chi connectivity index (χ3v) is 7.51. The maximum Gasteiger partial charge on any atom is 0.235 e. The summed E-state index contributed by atoms with van der Waals surface area (Å²) < 4.78 is 0. The number of thioether (sulfide) groups is 1. The number of carbonyl (C=O) groups excluding carboxylic acids is 2. The zero-order chi connectivity index (χ0) is 26.2. The molecule has 2 aromatic rings. The summed E-state index contributed by atoms with van der Waals surface area (Å²) in [7, 11) is 0. The van der Waals surface area contributed by atoms with Gasteiger partial charge >= 0.3 is 0 Å². The predicted molar refractivity (Wildman–Crippen MR) is 138 cm³/mol. The van der Waals surface area contributed by atoms with E-state index in [0.29, 0.717) is 65.6 Å². The molecule has 1 aromatic carbocycles. The zero-order valence-corrected chi connectivity index (χ0v) is 21.2. The van der Waals surface area contributed by atoms with Crippen molar-refractivity contribution in [3.8, 4) is 6.07 Å².